The maximum Gasteiger partial charge on any atom is 0.236 e. The summed E-state index contributed by atoms with van der Waals surface area (Å²) >= 11 is 0. The fourth-order valence-electron chi connectivity index (χ4n) is 3.87. The quantitative estimate of drug-likeness (QED) is 0.744. The lowest BCUT2D eigenvalue weighted by atomic mass is 9.77. The maximum absolute atomic E-state index is 12.7. The Bertz CT molecular complexity index is 636. The number of methoxy groups -OCH3 is 1. The lowest BCUT2D eigenvalue weighted by molar-refractivity contribution is -0.135. The maximum atomic E-state index is 12.7. The number of hydrogen-bond acceptors (Lipinski definition) is 5. The van der Waals surface area contributed by atoms with Crippen molar-refractivity contribution in [3.8, 4) is 11.5 Å². The molecule has 144 valence electrons. The van der Waals surface area contributed by atoms with Crippen LogP contribution < -0.4 is 9.47 Å². The molecular weight excluding hydrogens is 332 g/mol. The topological polar surface area (TPSA) is 51.2 Å². The van der Waals surface area contributed by atoms with Crippen LogP contribution in [0.1, 0.15) is 25.3 Å². The number of likely N-dealkylation sites (tertiary alicyclic amines) is 1. The second kappa shape index (κ2) is 8.27. The first-order chi connectivity index (χ1) is 12.5. The van der Waals surface area contributed by atoms with Gasteiger partial charge in [0.2, 0.25) is 12.7 Å². The van der Waals surface area contributed by atoms with Gasteiger partial charge < -0.3 is 19.1 Å². The Kier molecular flexibility index (Phi) is 6.04. The minimum atomic E-state index is 0.0900. The van der Waals surface area contributed by atoms with Crippen LogP contribution >= 0.6 is 0 Å². The number of nitrogens with zero attached hydrogens (tertiary/aromatic N) is 2. The Balaban J connectivity index is 1.58. The number of ether oxygens (including phenoxy) is 3. The van der Waals surface area contributed by atoms with Gasteiger partial charge in [-0.2, -0.15) is 0 Å². The van der Waals surface area contributed by atoms with Gasteiger partial charge in [0, 0.05) is 26.7 Å². The van der Waals surface area contributed by atoms with Crippen LogP contribution in [0.3, 0.4) is 0 Å². The van der Waals surface area contributed by atoms with E-state index >= 15 is 0 Å². The Morgan fingerprint density at radius 1 is 1.35 bits per heavy atom. The first-order valence-electron chi connectivity index (χ1n) is 9.33. The fraction of sp³-hybridized carbons (Fsp3) is 0.650. The number of piperidine rings is 1. The van der Waals surface area contributed by atoms with E-state index in [1.165, 1.54) is 5.56 Å². The molecule has 2 heterocycles. The van der Waals surface area contributed by atoms with Gasteiger partial charge in [-0.15, -0.1) is 0 Å². The summed E-state index contributed by atoms with van der Waals surface area (Å²) in [5, 5.41) is 0. The molecule has 0 aromatic heterocycles. The van der Waals surface area contributed by atoms with Gasteiger partial charge in [0.15, 0.2) is 11.5 Å². The van der Waals surface area contributed by atoms with Gasteiger partial charge >= 0.3 is 0 Å². The van der Waals surface area contributed by atoms with E-state index in [-0.39, 0.29) is 11.3 Å². The predicted octanol–water partition coefficient (Wildman–Crippen LogP) is 2.16. The highest BCUT2D eigenvalue weighted by molar-refractivity contribution is 5.78. The molecule has 1 saturated heterocycles. The third-order valence-electron chi connectivity index (χ3n) is 5.28. The largest absolute Gasteiger partial charge is 0.454 e. The Morgan fingerprint density at radius 2 is 2.15 bits per heavy atom. The van der Waals surface area contributed by atoms with Gasteiger partial charge in [-0.05, 0) is 49.4 Å². The summed E-state index contributed by atoms with van der Waals surface area (Å²) < 4.78 is 16.0. The molecule has 1 fully saturated rings. The second-order valence-electron chi connectivity index (χ2n) is 7.82. The molecule has 2 aliphatic rings. The van der Waals surface area contributed by atoms with E-state index in [0.717, 1.165) is 50.4 Å². The van der Waals surface area contributed by atoms with Crippen LogP contribution in [0.4, 0.5) is 0 Å². The van der Waals surface area contributed by atoms with Crippen LogP contribution in [0.2, 0.25) is 0 Å². The molecule has 0 saturated carbocycles. The van der Waals surface area contributed by atoms with Crippen molar-refractivity contribution in [3.05, 3.63) is 23.8 Å². The minimum absolute atomic E-state index is 0.0900. The molecule has 0 unspecified atom stereocenters. The van der Waals surface area contributed by atoms with E-state index < -0.39 is 0 Å². The fourth-order valence-corrected chi connectivity index (χ4v) is 3.87. The van der Waals surface area contributed by atoms with Crippen molar-refractivity contribution in [2.45, 2.75) is 26.2 Å². The molecule has 6 nitrogen and oxygen atoms in total. The molecule has 1 atom stereocenters. The first kappa shape index (κ1) is 19.0. The highest BCUT2D eigenvalue weighted by Crippen LogP contribution is 2.37. The summed E-state index contributed by atoms with van der Waals surface area (Å²) in [4.78, 5) is 16.7. The van der Waals surface area contributed by atoms with Crippen LogP contribution in [-0.2, 0) is 16.0 Å². The van der Waals surface area contributed by atoms with Gasteiger partial charge in [0.05, 0.1) is 13.2 Å². The van der Waals surface area contributed by atoms with Crippen LogP contribution in [0, 0.1) is 5.41 Å². The Morgan fingerprint density at radius 3 is 2.96 bits per heavy atom. The van der Waals surface area contributed by atoms with E-state index in [0.29, 0.717) is 19.9 Å². The van der Waals surface area contributed by atoms with E-state index in [1.54, 1.807) is 7.11 Å². The predicted molar refractivity (Wildman–Crippen MR) is 99.6 cm³/mol. The normalized spacial score (nSPS) is 22.1. The summed E-state index contributed by atoms with van der Waals surface area (Å²) in [7, 11) is 3.65. The summed E-state index contributed by atoms with van der Waals surface area (Å²) in [6, 6.07) is 6.17. The molecule has 1 aromatic carbocycles. The van der Waals surface area contributed by atoms with Gasteiger partial charge in [-0.3, -0.25) is 9.69 Å². The average molecular weight is 362 g/mol. The van der Waals surface area contributed by atoms with E-state index in [9.17, 15) is 4.79 Å². The van der Waals surface area contributed by atoms with Crippen LogP contribution in [-0.4, -0.2) is 69.4 Å². The zero-order chi connectivity index (χ0) is 18.6. The van der Waals surface area contributed by atoms with Crippen molar-refractivity contribution in [3.63, 3.8) is 0 Å². The number of fused-ring (bicyclic) bond motifs is 1. The molecule has 0 aliphatic carbocycles. The van der Waals surface area contributed by atoms with E-state index in [1.807, 2.05) is 22.9 Å². The lowest BCUT2D eigenvalue weighted by Crippen LogP contribution is -2.48. The number of amides is 1. The molecular formula is C20H30N2O4. The van der Waals surface area contributed by atoms with Crippen molar-refractivity contribution in [2.75, 3.05) is 53.7 Å². The molecule has 3 rings (SSSR count). The van der Waals surface area contributed by atoms with E-state index in [2.05, 4.69) is 19.1 Å². The van der Waals surface area contributed by atoms with Crippen molar-refractivity contribution in [1.29, 1.82) is 0 Å². The lowest BCUT2D eigenvalue weighted by Gasteiger charge is -2.41. The summed E-state index contributed by atoms with van der Waals surface area (Å²) in [6.45, 7) is 6.10. The van der Waals surface area contributed by atoms with Gasteiger partial charge in [-0.25, -0.2) is 0 Å². The van der Waals surface area contributed by atoms with Crippen molar-refractivity contribution >= 4 is 5.91 Å². The molecule has 0 bridgehead atoms. The zero-order valence-corrected chi connectivity index (χ0v) is 16.1. The van der Waals surface area contributed by atoms with Crippen LogP contribution in [0.5, 0.6) is 11.5 Å². The standard InChI is InChI=1S/C20H30N2O4/c1-20(12-16-5-6-17-18(11-16)26-15-25-17)7-4-8-22(14-20)19(23)13-21(2)9-10-24-3/h5-6,11H,4,7-10,12-15H2,1-3H3/t20-/m0/s1. The third kappa shape index (κ3) is 4.68. The highest BCUT2D eigenvalue weighted by Gasteiger charge is 2.33. The molecule has 6 heteroatoms. The van der Waals surface area contributed by atoms with Crippen molar-refractivity contribution in [2.24, 2.45) is 5.41 Å². The van der Waals surface area contributed by atoms with Crippen LogP contribution in [0.15, 0.2) is 18.2 Å². The SMILES string of the molecule is COCCN(C)CC(=O)N1CCC[C@@](C)(Cc2ccc3c(c2)OCO3)C1. The number of likely N-dealkylation sites (N-methyl/N-ethyl adjacent to an activating group) is 1. The summed E-state index contributed by atoms with van der Waals surface area (Å²) in [6.07, 6.45) is 3.12. The monoisotopic (exact) mass is 362 g/mol. The number of hydrogen-bond donors (Lipinski definition) is 0. The van der Waals surface area contributed by atoms with Crippen molar-refractivity contribution < 1.29 is 19.0 Å². The number of benzene rings is 1. The van der Waals surface area contributed by atoms with Crippen LogP contribution in [0.25, 0.3) is 0 Å². The molecule has 2 aliphatic heterocycles. The second-order valence-corrected chi connectivity index (χ2v) is 7.82. The molecule has 0 spiro atoms. The van der Waals surface area contributed by atoms with Gasteiger partial charge in [-0.1, -0.05) is 13.0 Å². The minimum Gasteiger partial charge on any atom is -0.454 e. The Labute approximate surface area is 156 Å². The highest BCUT2D eigenvalue weighted by atomic mass is 16.7. The molecule has 1 amide bonds. The van der Waals surface area contributed by atoms with Gasteiger partial charge in [0.25, 0.3) is 0 Å². The van der Waals surface area contributed by atoms with Gasteiger partial charge in [0.1, 0.15) is 0 Å². The average Bonchev–Trinajstić information content (AvgIpc) is 3.07. The molecule has 1 aromatic rings. The smallest absolute Gasteiger partial charge is 0.236 e. The zero-order valence-electron chi connectivity index (χ0n) is 16.1. The molecule has 0 N–H and O–H groups in total. The Hall–Kier alpha value is -1.79. The molecule has 26 heavy (non-hydrogen) atoms. The molecule has 0 radical (unpaired) electrons. The summed E-state index contributed by atoms with van der Waals surface area (Å²) in [5.41, 5.74) is 1.33. The summed E-state index contributed by atoms with van der Waals surface area (Å²) in [5.74, 6) is 1.85. The van der Waals surface area contributed by atoms with E-state index in [4.69, 9.17) is 14.2 Å². The number of carbonyl (C=O) groups excluding carboxylic acids is 1. The van der Waals surface area contributed by atoms with Crippen molar-refractivity contribution in [1.82, 2.24) is 9.80 Å². The first-order valence-corrected chi connectivity index (χ1v) is 9.33. The number of carbonyl (C=O) groups is 1. The third-order valence-corrected chi connectivity index (χ3v) is 5.28. The number of rotatable bonds is 7.